The Labute approximate surface area is 122 Å². The van der Waals surface area contributed by atoms with Crippen molar-refractivity contribution in [1.29, 1.82) is 0 Å². The zero-order chi connectivity index (χ0) is 13.8. The molecule has 3 rings (SSSR count). The molecule has 2 aromatic heterocycles. The average molecular weight is 284 g/mol. The fraction of sp³-hybridized carbons (Fsp3) is 0.200. The zero-order valence-electron chi connectivity index (χ0n) is 11.2. The highest BCUT2D eigenvalue weighted by atomic mass is 32.1. The molecule has 4 nitrogen and oxygen atoms in total. The van der Waals surface area contributed by atoms with Gasteiger partial charge in [0, 0.05) is 29.7 Å². The average Bonchev–Trinajstić information content (AvgIpc) is 3.14. The summed E-state index contributed by atoms with van der Waals surface area (Å²) in [5.74, 6) is 0.846. The molecule has 3 aromatic rings. The Hall–Kier alpha value is -2.14. The third-order valence-corrected chi connectivity index (χ3v) is 4.03. The van der Waals surface area contributed by atoms with Crippen LogP contribution in [0.4, 0.5) is 11.6 Å². The van der Waals surface area contributed by atoms with Crippen molar-refractivity contribution in [3.63, 3.8) is 0 Å². The lowest BCUT2D eigenvalue weighted by atomic mass is 10.2. The summed E-state index contributed by atoms with van der Waals surface area (Å²) < 4.78 is 2.14. The normalized spacial score (nSPS) is 12.2. The highest BCUT2D eigenvalue weighted by Crippen LogP contribution is 2.27. The van der Waals surface area contributed by atoms with Crippen LogP contribution >= 0.6 is 11.3 Å². The van der Waals surface area contributed by atoms with Crippen LogP contribution in [0.1, 0.15) is 24.4 Å². The zero-order valence-corrected chi connectivity index (χ0v) is 12.0. The van der Waals surface area contributed by atoms with E-state index in [-0.39, 0.29) is 6.04 Å². The van der Waals surface area contributed by atoms with E-state index in [9.17, 15) is 0 Å². The number of nitrogens with one attached hydrogen (secondary N) is 1. The van der Waals surface area contributed by atoms with Crippen molar-refractivity contribution in [2.75, 3.05) is 5.32 Å². The number of hydrogen-bond acceptors (Lipinski definition) is 4. The van der Waals surface area contributed by atoms with Gasteiger partial charge in [-0.15, -0.1) is 11.3 Å². The maximum atomic E-state index is 4.43. The lowest BCUT2D eigenvalue weighted by Gasteiger charge is -2.17. The molecule has 1 unspecified atom stereocenters. The highest BCUT2D eigenvalue weighted by molar-refractivity contribution is 7.09. The minimum atomic E-state index is 0.226. The lowest BCUT2D eigenvalue weighted by molar-refractivity contribution is 0.570. The van der Waals surface area contributed by atoms with E-state index in [1.165, 1.54) is 0 Å². The van der Waals surface area contributed by atoms with E-state index in [0.29, 0.717) is 0 Å². The predicted octanol–water partition coefficient (Wildman–Crippen LogP) is 4.08. The summed E-state index contributed by atoms with van der Waals surface area (Å²) in [5.41, 5.74) is 1.04. The number of nitrogens with zero attached hydrogens (tertiary/aromatic N) is 3. The second kappa shape index (κ2) is 5.88. The Balaban J connectivity index is 1.89. The van der Waals surface area contributed by atoms with Crippen molar-refractivity contribution in [2.24, 2.45) is 0 Å². The van der Waals surface area contributed by atoms with Gasteiger partial charge in [0.25, 0.3) is 0 Å². The van der Waals surface area contributed by atoms with Crippen molar-refractivity contribution in [1.82, 2.24) is 14.5 Å². The fourth-order valence-electron chi connectivity index (χ4n) is 2.20. The third kappa shape index (κ3) is 2.58. The second-order valence-corrected chi connectivity index (χ2v) is 5.37. The van der Waals surface area contributed by atoms with Crippen molar-refractivity contribution >= 4 is 23.0 Å². The van der Waals surface area contributed by atoms with E-state index in [1.807, 2.05) is 54.3 Å². The third-order valence-electron chi connectivity index (χ3n) is 3.16. The minimum absolute atomic E-state index is 0.226. The van der Waals surface area contributed by atoms with Crippen LogP contribution in [-0.2, 0) is 0 Å². The SMILES string of the molecule is CCC(c1nccs1)n1ccnc1Nc1ccccc1. The van der Waals surface area contributed by atoms with Crippen LogP contribution in [0.25, 0.3) is 0 Å². The number of thiazole rings is 1. The van der Waals surface area contributed by atoms with Gasteiger partial charge in [0.15, 0.2) is 0 Å². The monoisotopic (exact) mass is 284 g/mol. The molecule has 0 amide bonds. The highest BCUT2D eigenvalue weighted by Gasteiger charge is 2.17. The summed E-state index contributed by atoms with van der Waals surface area (Å²) in [4.78, 5) is 8.85. The number of aromatic nitrogens is 3. The lowest BCUT2D eigenvalue weighted by Crippen LogP contribution is -2.11. The van der Waals surface area contributed by atoms with Gasteiger partial charge in [-0.2, -0.15) is 0 Å². The maximum absolute atomic E-state index is 4.43. The minimum Gasteiger partial charge on any atom is -0.326 e. The molecule has 1 aromatic carbocycles. The van der Waals surface area contributed by atoms with Gasteiger partial charge in [-0.05, 0) is 18.6 Å². The summed E-state index contributed by atoms with van der Waals surface area (Å²) in [6.45, 7) is 2.17. The van der Waals surface area contributed by atoms with Crippen LogP contribution in [0.3, 0.4) is 0 Å². The van der Waals surface area contributed by atoms with E-state index >= 15 is 0 Å². The Kier molecular flexibility index (Phi) is 3.78. The molecule has 0 aliphatic carbocycles. The van der Waals surface area contributed by atoms with Crippen LogP contribution in [0.2, 0.25) is 0 Å². The molecular formula is C15H16N4S. The standard InChI is InChI=1S/C15H16N4S/c1-2-13(14-16-9-11-20-14)19-10-8-17-15(19)18-12-6-4-3-5-7-12/h3-11,13H,2H2,1H3,(H,17,18). The van der Waals surface area contributed by atoms with Crippen molar-refractivity contribution < 1.29 is 0 Å². The molecule has 102 valence electrons. The van der Waals surface area contributed by atoms with E-state index in [1.54, 1.807) is 11.3 Å². The largest absolute Gasteiger partial charge is 0.326 e. The van der Waals surface area contributed by atoms with Gasteiger partial charge in [0.2, 0.25) is 5.95 Å². The number of hydrogen-bond donors (Lipinski definition) is 1. The van der Waals surface area contributed by atoms with Gasteiger partial charge in [-0.1, -0.05) is 25.1 Å². The number of imidazole rings is 1. The molecule has 0 aliphatic rings. The molecule has 1 atom stereocenters. The Morgan fingerprint density at radius 2 is 2.05 bits per heavy atom. The summed E-state index contributed by atoms with van der Waals surface area (Å²) in [6, 6.07) is 10.3. The Morgan fingerprint density at radius 3 is 2.75 bits per heavy atom. The van der Waals surface area contributed by atoms with Crippen LogP contribution in [0.15, 0.2) is 54.3 Å². The quantitative estimate of drug-likeness (QED) is 0.767. The van der Waals surface area contributed by atoms with E-state index in [4.69, 9.17) is 0 Å². The number of anilines is 2. The van der Waals surface area contributed by atoms with Crippen LogP contribution < -0.4 is 5.32 Å². The summed E-state index contributed by atoms with van der Waals surface area (Å²) >= 11 is 1.68. The first-order valence-electron chi connectivity index (χ1n) is 6.62. The van der Waals surface area contributed by atoms with E-state index in [0.717, 1.165) is 23.1 Å². The van der Waals surface area contributed by atoms with Crippen molar-refractivity contribution in [2.45, 2.75) is 19.4 Å². The molecular weight excluding hydrogens is 268 g/mol. The Morgan fingerprint density at radius 1 is 1.20 bits per heavy atom. The fourth-order valence-corrected chi connectivity index (χ4v) is 3.02. The molecule has 0 saturated carbocycles. The van der Waals surface area contributed by atoms with Crippen LogP contribution in [-0.4, -0.2) is 14.5 Å². The molecule has 5 heteroatoms. The smallest absolute Gasteiger partial charge is 0.207 e. The molecule has 0 saturated heterocycles. The second-order valence-electron chi connectivity index (χ2n) is 4.44. The van der Waals surface area contributed by atoms with E-state index < -0.39 is 0 Å². The van der Waals surface area contributed by atoms with Crippen molar-refractivity contribution in [3.8, 4) is 0 Å². The first-order chi connectivity index (χ1) is 9.88. The summed E-state index contributed by atoms with van der Waals surface area (Å²) in [5, 5.41) is 6.48. The van der Waals surface area contributed by atoms with Crippen LogP contribution in [0, 0.1) is 0 Å². The van der Waals surface area contributed by atoms with Gasteiger partial charge >= 0.3 is 0 Å². The van der Waals surface area contributed by atoms with Gasteiger partial charge in [-0.3, -0.25) is 0 Å². The molecule has 1 N–H and O–H groups in total. The van der Waals surface area contributed by atoms with Gasteiger partial charge in [0.05, 0.1) is 6.04 Å². The first-order valence-corrected chi connectivity index (χ1v) is 7.50. The topological polar surface area (TPSA) is 42.7 Å². The summed E-state index contributed by atoms with van der Waals surface area (Å²) in [6.07, 6.45) is 6.65. The number of rotatable bonds is 5. The number of para-hydroxylation sites is 1. The first kappa shape index (κ1) is 12.9. The van der Waals surface area contributed by atoms with Gasteiger partial charge in [-0.25, -0.2) is 9.97 Å². The molecule has 0 fully saturated rings. The molecule has 0 bridgehead atoms. The number of benzene rings is 1. The van der Waals surface area contributed by atoms with E-state index in [2.05, 4.69) is 26.8 Å². The summed E-state index contributed by atoms with van der Waals surface area (Å²) in [7, 11) is 0. The molecule has 0 radical (unpaired) electrons. The molecule has 0 aliphatic heterocycles. The molecule has 2 heterocycles. The van der Waals surface area contributed by atoms with Gasteiger partial charge in [0.1, 0.15) is 5.01 Å². The van der Waals surface area contributed by atoms with Crippen molar-refractivity contribution in [3.05, 3.63) is 59.3 Å². The maximum Gasteiger partial charge on any atom is 0.207 e. The van der Waals surface area contributed by atoms with Crippen LogP contribution in [0.5, 0.6) is 0 Å². The Bertz CT molecular complexity index is 646. The predicted molar refractivity (Wildman–Crippen MR) is 82.5 cm³/mol. The molecule has 20 heavy (non-hydrogen) atoms. The van der Waals surface area contributed by atoms with Gasteiger partial charge < -0.3 is 9.88 Å². The molecule has 0 spiro atoms.